The molecule has 1 aliphatic heterocycles. The Balaban J connectivity index is 1.56. The zero-order valence-corrected chi connectivity index (χ0v) is 15.8. The fourth-order valence-electron chi connectivity index (χ4n) is 3.74. The number of hydrogen-bond acceptors (Lipinski definition) is 4. The number of anilines is 2. The summed E-state index contributed by atoms with van der Waals surface area (Å²) in [5, 5.41) is 3.02. The van der Waals surface area contributed by atoms with Crippen molar-refractivity contribution in [2.24, 2.45) is 11.7 Å². The van der Waals surface area contributed by atoms with Gasteiger partial charge in [0.2, 0.25) is 5.91 Å². The van der Waals surface area contributed by atoms with Crippen molar-refractivity contribution in [3.05, 3.63) is 48.0 Å². The summed E-state index contributed by atoms with van der Waals surface area (Å²) in [6.07, 6.45) is 3.35. The van der Waals surface area contributed by atoms with E-state index in [0.717, 1.165) is 54.7 Å². The molecule has 2 aromatic carbocycles. The molecule has 142 valence electrons. The van der Waals surface area contributed by atoms with Crippen molar-refractivity contribution in [1.82, 2.24) is 0 Å². The van der Waals surface area contributed by atoms with Crippen LogP contribution in [0, 0.1) is 5.92 Å². The number of carbonyl (C=O) groups is 1. The average molecular weight is 365 g/mol. The van der Waals surface area contributed by atoms with Crippen molar-refractivity contribution in [2.75, 3.05) is 30.4 Å². The highest BCUT2D eigenvalue weighted by Crippen LogP contribution is 2.32. The Morgan fingerprint density at radius 3 is 2.70 bits per heavy atom. The van der Waals surface area contributed by atoms with Gasteiger partial charge in [0.25, 0.3) is 0 Å². The van der Waals surface area contributed by atoms with E-state index in [1.165, 1.54) is 5.69 Å². The second-order valence-corrected chi connectivity index (χ2v) is 7.48. The second-order valence-electron chi connectivity index (χ2n) is 7.48. The molecule has 5 heteroatoms. The first kappa shape index (κ1) is 18.0. The molecule has 0 spiro atoms. The minimum atomic E-state index is 0.131. The molecular weight excluding hydrogens is 338 g/mol. The van der Waals surface area contributed by atoms with Crippen molar-refractivity contribution >= 4 is 17.3 Å². The van der Waals surface area contributed by atoms with Crippen LogP contribution in [0.15, 0.2) is 42.5 Å². The van der Waals surface area contributed by atoms with Crippen LogP contribution in [0.3, 0.4) is 0 Å². The van der Waals surface area contributed by atoms with Crippen molar-refractivity contribution in [1.29, 1.82) is 0 Å². The summed E-state index contributed by atoms with van der Waals surface area (Å²) in [6, 6.07) is 14.5. The lowest BCUT2D eigenvalue weighted by Gasteiger charge is -2.22. The SMILES string of the molecule is CO[C@H]1CCN(c2ccc(-c3cccc(NC(=O)C4CC4)c3)cc2CN)C1. The largest absolute Gasteiger partial charge is 0.380 e. The minimum absolute atomic E-state index is 0.131. The normalized spacial score (nSPS) is 19.3. The van der Waals surface area contributed by atoms with Gasteiger partial charge >= 0.3 is 0 Å². The van der Waals surface area contributed by atoms with Crippen molar-refractivity contribution in [3.8, 4) is 11.1 Å². The molecule has 1 atom stereocenters. The van der Waals surface area contributed by atoms with Crippen molar-refractivity contribution < 1.29 is 9.53 Å². The number of nitrogens with zero attached hydrogens (tertiary/aromatic N) is 1. The number of hydrogen-bond donors (Lipinski definition) is 2. The molecule has 4 rings (SSSR count). The summed E-state index contributed by atoms with van der Waals surface area (Å²) in [5.74, 6) is 0.333. The zero-order valence-electron chi connectivity index (χ0n) is 15.8. The topological polar surface area (TPSA) is 67.6 Å². The van der Waals surface area contributed by atoms with Crippen LogP contribution in [0.4, 0.5) is 11.4 Å². The minimum Gasteiger partial charge on any atom is -0.380 e. The number of benzene rings is 2. The van der Waals surface area contributed by atoms with E-state index in [4.69, 9.17) is 10.5 Å². The number of amides is 1. The van der Waals surface area contributed by atoms with Gasteiger partial charge in [0.15, 0.2) is 0 Å². The molecule has 27 heavy (non-hydrogen) atoms. The fraction of sp³-hybridized carbons (Fsp3) is 0.409. The smallest absolute Gasteiger partial charge is 0.227 e. The first-order valence-electron chi connectivity index (χ1n) is 9.70. The van der Waals surface area contributed by atoms with Crippen LogP contribution in [0.25, 0.3) is 11.1 Å². The summed E-state index contributed by atoms with van der Waals surface area (Å²) < 4.78 is 5.49. The van der Waals surface area contributed by atoms with E-state index in [0.29, 0.717) is 12.6 Å². The van der Waals surface area contributed by atoms with Gasteiger partial charge in [-0.15, -0.1) is 0 Å². The maximum atomic E-state index is 12.0. The Hall–Kier alpha value is -2.37. The summed E-state index contributed by atoms with van der Waals surface area (Å²) >= 11 is 0. The third-order valence-corrected chi connectivity index (χ3v) is 5.53. The first-order valence-corrected chi connectivity index (χ1v) is 9.70. The Morgan fingerprint density at radius 1 is 1.19 bits per heavy atom. The molecule has 2 aromatic rings. The van der Waals surface area contributed by atoms with E-state index in [-0.39, 0.29) is 11.8 Å². The third-order valence-electron chi connectivity index (χ3n) is 5.53. The molecular formula is C22H27N3O2. The van der Waals surface area contributed by atoms with E-state index < -0.39 is 0 Å². The van der Waals surface area contributed by atoms with Gasteiger partial charge in [-0.05, 0) is 60.2 Å². The van der Waals surface area contributed by atoms with E-state index in [1.54, 1.807) is 7.11 Å². The van der Waals surface area contributed by atoms with E-state index in [2.05, 4.69) is 34.5 Å². The maximum Gasteiger partial charge on any atom is 0.227 e. The summed E-state index contributed by atoms with van der Waals surface area (Å²) in [4.78, 5) is 14.4. The molecule has 1 aliphatic carbocycles. The molecule has 1 amide bonds. The molecule has 0 radical (unpaired) electrons. The molecule has 3 N–H and O–H groups in total. The number of nitrogens with one attached hydrogen (secondary N) is 1. The maximum absolute atomic E-state index is 12.0. The molecule has 0 aromatic heterocycles. The molecule has 1 heterocycles. The third kappa shape index (κ3) is 3.99. The predicted molar refractivity (Wildman–Crippen MR) is 109 cm³/mol. The van der Waals surface area contributed by atoms with Gasteiger partial charge in [-0.25, -0.2) is 0 Å². The standard InChI is InChI=1S/C22H27N3O2/c1-27-20-9-10-25(14-20)21-8-7-17(11-18(21)13-23)16-3-2-4-19(12-16)24-22(26)15-5-6-15/h2-4,7-8,11-12,15,20H,5-6,9-10,13-14,23H2,1H3,(H,24,26)/t20-/m0/s1. The van der Waals surface area contributed by atoms with Crippen LogP contribution in [0.1, 0.15) is 24.8 Å². The van der Waals surface area contributed by atoms with Crippen LogP contribution in [-0.4, -0.2) is 32.2 Å². The number of rotatable bonds is 6. The molecule has 0 bridgehead atoms. The Bertz CT molecular complexity index is 832. The van der Waals surface area contributed by atoms with Gasteiger partial charge in [-0.1, -0.05) is 18.2 Å². The number of carbonyl (C=O) groups excluding carboxylic acids is 1. The zero-order chi connectivity index (χ0) is 18.8. The Labute approximate surface area is 160 Å². The number of ether oxygens (including phenoxy) is 1. The molecule has 0 unspecified atom stereocenters. The lowest BCUT2D eigenvalue weighted by molar-refractivity contribution is -0.117. The average Bonchev–Trinajstić information content (AvgIpc) is 3.45. The quantitative estimate of drug-likeness (QED) is 0.823. The molecule has 2 fully saturated rings. The molecule has 2 aliphatic rings. The van der Waals surface area contributed by atoms with E-state index >= 15 is 0 Å². The van der Waals surface area contributed by atoms with Crippen LogP contribution < -0.4 is 16.0 Å². The van der Waals surface area contributed by atoms with Gasteiger partial charge in [0.1, 0.15) is 0 Å². The molecule has 1 saturated heterocycles. The van der Waals surface area contributed by atoms with Crippen molar-refractivity contribution in [3.63, 3.8) is 0 Å². The van der Waals surface area contributed by atoms with Gasteiger partial charge in [-0.3, -0.25) is 4.79 Å². The van der Waals surface area contributed by atoms with E-state index in [1.807, 2.05) is 18.2 Å². The lowest BCUT2D eigenvalue weighted by atomic mass is 10.0. The summed E-state index contributed by atoms with van der Waals surface area (Å²) in [5.41, 5.74) is 11.4. The van der Waals surface area contributed by atoms with Crippen LogP contribution in [0.5, 0.6) is 0 Å². The highest BCUT2D eigenvalue weighted by molar-refractivity contribution is 5.94. The van der Waals surface area contributed by atoms with Gasteiger partial charge in [-0.2, -0.15) is 0 Å². The molecule has 5 nitrogen and oxygen atoms in total. The van der Waals surface area contributed by atoms with Gasteiger partial charge < -0.3 is 20.7 Å². The summed E-state index contributed by atoms with van der Waals surface area (Å²) in [6.45, 7) is 2.40. The van der Waals surface area contributed by atoms with Crippen LogP contribution in [-0.2, 0) is 16.1 Å². The van der Waals surface area contributed by atoms with Crippen LogP contribution >= 0.6 is 0 Å². The second kappa shape index (κ2) is 7.71. The number of methoxy groups -OCH3 is 1. The highest BCUT2D eigenvalue weighted by atomic mass is 16.5. The predicted octanol–water partition coefficient (Wildman–Crippen LogP) is 3.39. The first-order chi connectivity index (χ1) is 13.2. The highest BCUT2D eigenvalue weighted by Gasteiger charge is 2.29. The summed E-state index contributed by atoms with van der Waals surface area (Å²) in [7, 11) is 1.77. The number of nitrogens with two attached hydrogens (primary N) is 1. The Kier molecular flexibility index (Phi) is 5.14. The van der Waals surface area contributed by atoms with Crippen molar-refractivity contribution in [2.45, 2.75) is 31.9 Å². The molecule has 1 saturated carbocycles. The van der Waals surface area contributed by atoms with Crippen LogP contribution in [0.2, 0.25) is 0 Å². The van der Waals surface area contributed by atoms with E-state index in [9.17, 15) is 4.79 Å². The van der Waals surface area contributed by atoms with Gasteiger partial charge in [0, 0.05) is 44.0 Å². The monoisotopic (exact) mass is 365 g/mol. The fourth-order valence-corrected chi connectivity index (χ4v) is 3.74. The lowest BCUT2D eigenvalue weighted by Crippen LogP contribution is -2.23. The Morgan fingerprint density at radius 2 is 2.00 bits per heavy atom. The van der Waals surface area contributed by atoms with Gasteiger partial charge in [0.05, 0.1) is 6.10 Å².